The molecule has 3 aromatic rings. The molecular formula is C27H33N5OS. The Labute approximate surface area is 205 Å². The number of aryl methyl sites for hydroxylation is 1. The molecule has 178 valence electrons. The molecule has 1 aromatic heterocycles. The van der Waals surface area contributed by atoms with E-state index in [2.05, 4.69) is 44.4 Å². The minimum absolute atomic E-state index is 0.0913. The van der Waals surface area contributed by atoms with Crippen LogP contribution in [0.15, 0.2) is 48.5 Å². The largest absolute Gasteiger partial charge is 0.382 e. The van der Waals surface area contributed by atoms with Crippen molar-refractivity contribution in [2.45, 2.75) is 45.1 Å². The zero-order valence-electron chi connectivity index (χ0n) is 19.8. The fourth-order valence-electron chi connectivity index (χ4n) is 5.04. The molecule has 0 unspecified atom stereocenters. The topological polar surface area (TPSA) is 74.5 Å². The predicted molar refractivity (Wildman–Crippen MR) is 142 cm³/mol. The van der Waals surface area contributed by atoms with Gasteiger partial charge < -0.3 is 20.9 Å². The molecule has 34 heavy (non-hydrogen) atoms. The second-order valence-corrected chi connectivity index (χ2v) is 10.4. The van der Waals surface area contributed by atoms with Crippen molar-refractivity contribution in [3.8, 4) is 0 Å². The van der Waals surface area contributed by atoms with Crippen molar-refractivity contribution < 1.29 is 4.79 Å². The van der Waals surface area contributed by atoms with Gasteiger partial charge in [-0.1, -0.05) is 47.6 Å². The molecule has 2 aliphatic heterocycles. The Kier molecular flexibility index (Phi) is 6.83. The summed E-state index contributed by atoms with van der Waals surface area (Å²) in [7, 11) is 0. The van der Waals surface area contributed by atoms with Gasteiger partial charge in [-0.05, 0) is 70.0 Å². The van der Waals surface area contributed by atoms with Crippen molar-refractivity contribution in [3.05, 3.63) is 64.5 Å². The monoisotopic (exact) mass is 475 g/mol. The highest BCUT2D eigenvalue weighted by Gasteiger charge is 2.25. The molecule has 2 saturated heterocycles. The minimum Gasteiger partial charge on any atom is -0.382 e. The van der Waals surface area contributed by atoms with Gasteiger partial charge in [-0.25, -0.2) is 4.98 Å². The van der Waals surface area contributed by atoms with Crippen molar-refractivity contribution in [2.75, 3.05) is 42.1 Å². The van der Waals surface area contributed by atoms with E-state index in [1.165, 1.54) is 62.2 Å². The van der Waals surface area contributed by atoms with Gasteiger partial charge in [0, 0.05) is 36.1 Å². The van der Waals surface area contributed by atoms with Crippen LogP contribution in [0.3, 0.4) is 0 Å². The summed E-state index contributed by atoms with van der Waals surface area (Å²) in [5.74, 6) is 0.178. The van der Waals surface area contributed by atoms with Crippen LogP contribution in [0.5, 0.6) is 0 Å². The third-order valence-electron chi connectivity index (χ3n) is 7.03. The lowest BCUT2D eigenvalue weighted by Gasteiger charge is -2.41. The fraction of sp³-hybridized carbons (Fsp3) is 0.407. The third-order valence-corrected chi connectivity index (χ3v) is 8.01. The second-order valence-electron chi connectivity index (χ2n) is 9.42. The summed E-state index contributed by atoms with van der Waals surface area (Å²) in [4.78, 5) is 22.9. The zero-order chi connectivity index (χ0) is 23.5. The summed E-state index contributed by atoms with van der Waals surface area (Å²) in [5.41, 5.74) is 10.0. The van der Waals surface area contributed by atoms with Gasteiger partial charge in [-0.2, -0.15) is 0 Å². The lowest BCUT2D eigenvalue weighted by Crippen LogP contribution is -2.46. The molecule has 0 amide bonds. The van der Waals surface area contributed by atoms with Gasteiger partial charge in [0.15, 0.2) is 5.13 Å². The Bertz CT molecular complexity index is 1110. The van der Waals surface area contributed by atoms with E-state index >= 15 is 0 Å². The molecule has 3 heterocycles. The van der Waals surface area contributed by atoms with Gasteiger partial charge in [0.2, 0.25) is 5.78 Å². The van der Waals surface area contributed by atoms with Crippen molar-refractivity contribution in [1.29, 1.82) is 0 Å². The van der Waals surface area contributed by atoms with Crippen LogP contribution in [-0.4, -0.2) is 47.9 Å². The van der Waals surface area contributed by atoms with Crippen molar-refractivity contribution in [3.63, 3.8) is 0 Å². The van der Waals surface area contributed by atoms with Crippen molar-refractivity contribution in [1.82, 2.24) is 9.88 Å². The molecule has 0 atom stereocenters. The fourth-order valence-corrected chi connectivity index (χ4v) is 5.90. The maximum Gasteiger partial charge on any atom is 0.206 e. The van der Waals surface area contributed by atoms with Crippen LogP contribution in [0.1, 0.15) is 52.9 Å². The number of benzene rings is 2. The minimum atomic E-state index is -0.0913. The summed E-state index contributed by atoms with van der Waals surface area (Å²) in [6.07, 6.45) is 6.61. The van der Waals surface area contributed by atoms with Crippen LogP contribution in [0.25, 0.3) is 0 Å². The lowest BCUT2D eigenvalue weighted by atomic mass is 9.99. The molecule has 2 aromatic carbocycles. The number of nitrogens with one attached hydrogen (secondary N) is 1. The highest BCUT2D eigenvalue weighted by molar-refractivity contribution is 7.18. The third kappa shape index (κ3) is 5.10. The number of ketones is 1. The number of likely N-dealkylation sites (tertiary alicyclic amines) is 1. The molecule has 5 rings (SSSR count). The molecule has 0 bridgehead atoms. The Morgan fingerprint density at radius 3 is 2.32 bits per heavy atom. The van der Waals surface area contributed by atoms with Crippen LogP contribution >= 0.6 is 11.3 Å². The molecule has 0 saturated carbocycles. The van der Waals surface area contributed by atoms with Gasteiger partial charge in [0.05, 0.1) is 0 Å². The van der Waals surface area contributed by atoms with Crippen LogP contribution < -0.4 is 16.0 Å². The van der Waals surface area contributed by atoms with Gasteiger partial charge in [-0.15, -0.1) is 0 Å². The van der Waals surface area contributed by atoms with Crippen molar-refractivity contribution in [2.24, 2.45) is 0 Å². The summed E-state index contributed by atoms with van der Waals surface area (Å²) in [6, 6.07) is 16.8. The number of anilines is 4. The predicted octanol–water partition coefficient (Wildman–Crippen LogP) is 5.46. The van der Waals surface area contributed by atoms with Gasteiger partial charge in [-0.3, -0.25) is 4.79 Å². The van der Waals surface area contributed by atoms with E-state index in [1.807, 2.05) is 31.2 Å². The SMILES string of the molecule is Cc1ccc(C(=O)c2sc(Nc3ccc(N4CCC(N5CCCCC5)CC4)cc3)nc2N)cc1. The molecule has 2 aliphatic rings. The summed E-state index contributed by atoms with van der Waals surface area (Å²) in [5, 5.41) is 3.94. The van der Waals surface area contributed by atoms with Gasteiger partial charge in [0.25, 0.3) is 0 Å². The number of thiazole rings is 1. The highest BCUT2D eigenvalue weighted by Crippen LogP contribution is 2.31. The van der Waals surface area contributed by atoms with Crippen LogP contribution in [0.2, 0.25) is 0 Å². The number of nitrogen functional groups attached to an aromatic ring is 1. The first kappa shape index (κ1) is 22.9. The Balaban J connectivity index is 1.19. The number of rotatable bonds is 6. The maximum absolute atomic E-state index is 12.8. The number of hydrogen-bond acceptors (Lipinski definition) is 7. The van der Waals surface area contributed by atoms with Crippen molar-refractivity contribution >= 4 is 39.4 Å². The molecule has 6 nitrogen and oxygen atoms in total. The van der Waals surface area contributed by atoms with Gasteiger partial charge >= 0.3 is 0 Å². The Hall–Kier alpha value is -2.90. The van der Waals surface area contributed by atoms with Crippen LogP contribution in [0, 0.1) is 6.92 Å². The molecule has 0 spiro atoms. The lowest BCUT2D eigenvalue weighted by molar-refractivity contribution is 0.104. The number of nitrogens with zero attached hydrogens (tertiary/aromatic N) is 3. The summed E-state index contributed by atoms with van der Waals surface area (Å²) in [6.45, 7) is 6.79. The zero-order valence-corrected chi connectivity index (χ0v) is 20.6. The van der Waals surface area contributed by atoms with Gasteiger partial charge in [0.1, 0.15) is 10.7 Å². The number of aromatic nitrogens is 1. The first-order valence-electron chi connectivity index (χ1n) is 12.3. The van der Waals surface area contributed by atoms with E-state index < -0.39 is 0 Å². The average molecular weight is 476 g/mol. The molecule has 0 aliphatic carbocycles. The standard InChI is InChI=1S/C27H33N5OS/c1-19-5-7-20(8-6-19)24(33)25-26(28)30-27(34-25)29-21-9-11-22(12-10-21)32-17-13-23(14-18-32)31-15-3-2-4-16-31/h5-12,23H,2-4,13-18,28H2,1H3,(H,29,30). The first-order valence-corrected chi connectivity index (χ1v) is 13.1. The second kappa shape index (κ2) is 10.2. The first-order chi connectivity index (χ1) is 16.6. The average Bonchev–Trinajstić information content (AvgIpc) is 3.25. The Morgan fingerprint density at radius 1 is 0.971 bits per heavy atom. The van der Waals surface area contributed by atoms with E-state index in [9.17, 15) is 4.79 Å². The summed E-state index contributed by atoms with van der Waals surface area (Å²) < 4.78 is 0. The van der Waals surface area contributed by atoms with Crippen LogP contribution in [-0.2, 0) is 0 Å². The normalized spacial score (nSPS) is 17.6. The number of nitrogens with two attached hydrogens (primary N) is 1. The van der Waals surface area contributed by atoms with E-state index in [1.54, 1.807) is 0 Å². The Morgan fingerprint density at radius 2 is 1.65 bits per heavy atom. The van der Waals surface area contributed by atoms with E-state index in [0.717, 1.165) is 30.4 Å². The van der Waals surface area contributed by atoms with E-state index in [0.29, 0.717) is 15.6 Å². The number of piperidine rings is 2. The molecule has 2 fully saturated rings. The van der Waals surface area contributed by atoms with Crippen LogP contribution in [0.4, 0.5) is 22.3 Å². The smallest absolute Gasteiger partial charge is 0.206 e. The molecule has 3 N–H and O–H groups in total. The summed E-state index contributed by atoms with van der Waals surface area (Å²) >= 11 is 1.30. The molecule has 7 heteroatoms. The van der Waals surface area contributed by atoms with E-state index in [-0.39, 0.29) is 11.6 Å². The number of carbonyl (C=O) groups excluding carboxylic acids is 1. The van der Waals surface area contributed by atoms with E-state index in [4.69, 9.17) is 5.73 Å². The maximum atomic E-state index is 12.8. The highest BCUT2D eigenvalue weighted by atomic mass is 32.1. The molecular weight excluding hydrogens is 442 g/mol. The number of hydrogen-bond donors (Lipinski definition) is 2. The number of carbonyl (C=O) groups is 1. The quantitative estimate of drug-likeness (QED) is 0.461. The molecule has 0 radical (unpaired) electrons.